The highest BCUT2D eigenvalue weighted by molar-refractivity contribution is 6.76. The zero-order valence-corrected chi connectivity index (χ0v) is 15.7. The second kappa shape index (κ2) is 5.35. The minimum Gasteiger partial charge on any atom is -0.400 e. The van der Waals surface area contributed by atoms with Crippen LogP contribution in [0.15, 0.2) is 55.4 Å². The second-order valence-corrected chi connectivity index (χ2v) is 8.87. The van der Waals surface area contributed by atoms with Crippen molar-refractivity contribution in [3.05, 3.63) is 55.4 Å². The van der Waals surface area contributed by atoms with Gasteiger partial charge in [-0.1, -0.05) is 38.9 Å². The molecule has 3 aliphatic carbocycles. The van der Waals surface area contributed by atoms with Crippen LogP contribution in [-0.4, -0.2) is 35.6 Å². The lowest BCUT2D eigenvalue weighted by Crippen LogP contribution is -2.68. The van der Waals surface area contributed by atoms with Crippen LogP contribution in [0.25, 0.3) is 0 Å². The highest BCUT2D eigenvalue weighted by Crippen LogP contribution is 2.66. The van der Waals surface area contributed by atoms with Crippen molar-refractivity contribution in [2.45, 2.75) is 39.4 Å². The molecule has 6 nitrogen and oxygen atoms in total. The Morgan fingerprint density at radius 2 is 1.35 bits per heavy atom. The minimum atomic E-state index is -1.49. The molecule has 0 amide bonds. The maximum atomic E-state index is 4.71. The van der Waals surface area contributed by atoms with Gasteiger partial charge in [-0.15, -0.1) is 0 Å². The Bertz CT molecular complexity index is 783. The van der Waals surface area contributed by atoms with Gasteiger partial charge < -0.3 is 13.8 Å². The Kier molecular flexibility index (Phi) is 3.27. The van der Waals surface area contributed by atoms with Gasteiger partial charge in [0.2, 0.25) is 0 Å². The molecule has 26 heavy (non-hydrogen) atoms. The SMILES string of the molecule is C[C@H]1[C@H]([B-](n2cccn2)(n2cccn2)n2cccn2)C[C@@H]2C[C@H]1C2(C)C. The molecule has 0 unspecified atom stereocenters. The molecule has 3 aliphatic rings. The fraction of sp³-hybridized carbons (Fsp3) is 0.526. The van der Waals surface area contributed by atoms with E-state index in [2.05, 4.69) is 53.1 Å². The minimum absolute atomic E-state index is 0.423. The molecule has 3 aromatic heterocycles. The maximum Gasteiger partial charge on any atom is 0.343 e. The lowest BCUT2D eigenvalue weighted by atomic mass is 9.32. The molecule has 4 atom stereocenters. The van der Waals surface area contributed by atoms with E-state index < -0.39 is 6.55 Å². The quantitative estimate of drug-likeness (QED) is 0.680. The molecule has 3 heterocycles. The lowest BCUT2D eigenvalue weighted by Gasteiger charge is -2.66. The van der Waals surface area contributed by atoms with E-state index in [4.69, 9.17) is 15.3 Å². The van der Waals surface area contributed by atoms with Gasteiger partial charge in [0.1, 0.15) is 0 Å². The Labute approximate surface area is 154 Å². The molecule has 0 radical (unpaired) electrons. The average molecular weight is 349 g/mol. The molecule has 136 valence electrons. The van der Waals surface area contributed by atoms with Crippen molar-refractivity contribution < 1.29 is 0 Å². The molecule has 3 aromatic rings. The summed E-state index contributed by atoms with van der Waals surface area (Å²) in [4.78, 5) is 0. The van der Waals surface area contributed by atoms with Crippen LogP contribution in [0.5, 0.6) is 0 Å². The lowest BCUT2D eigenvalue weighted by molar-refractivity contribution is -0.101. The standard InChI is InChI=1S/C19H26BN6/c1-15-17-13-16(19(17,2)3)14-18(15)20(24-10-4-7-21-24,25-11-5-8-22-25)26-12-6-9-23-26/h4-12,15-18H,13-14H2,1-3H3/q-1/t15-,16+,17-,18-/m1/s1. The normalized spacial score (nSPS) is 30.1. The summed E-state index contributed by atoms with van der Waals surface area (Å²) < 4.78 is 6.33. The third kappa shape index (κ3) is 1.86. The number of fused-ring (bicyclic) bond motifs is 2. The number of hydrogen-bond donors (Lipinski definition) is 0. The summed E-state index contributed by atoms with van der Waals surface area (Å²) in [6.45, 7) is 5.83. The van der Waals surface area contributed by atoms with Crippen LogP contribution < -0.4 is 0 Å². The summed E-state index contributed by atoms with van der Waals surface area (Å²) in [5.41, 5.74) is 0.441. The Morgan fingerprint density at radius 3 is 1.69 bits per heavy atom. The smallest absolute Gasteiger partial charge is 0.343 e. The fourth-order valence-electron chi connectivity index (χ4n) is 6.25. The van der Waals surface area contributed by atoms with Crippen LogP contribution in [0.2, 0.25) is 5.82 Å². The van der Waals surface area contributed by atoms with Gasteiger partial charge in [-0.05, 0) is 60.5 Å². The first-order valence-corrected chi connectivity index (χ1v) is 9.71. The van der Waals surface area contributed by atoms with Crippen LogP contribution in [0, 0.1) is 23.2 Å². The summed E-state index contributed by atoms with van der Waals surface area (Å²) in [7, 11) is 0. The Balaban J connectivity index is 1.73. The van der Waals surface area contributed by atoms with Crippen molar-refractivity contribution in [2.75, 3.05) is 0 Å². The number of rotatable bonds is 4. The van der Waals surface area contributed by atoms with E-state index in [1.807, 2.05) is 36.8 Å². The molecular formula is C19H26BN6-. The van der Waals surface area contributed by atoms with Gasteiger partial charge >= 0.3 is 6.55 Å². The molecule has 3 fully saturated rings. The third-order valence-corrected chi connectivity index (χ3v) is 7.73. The monoisotopic (exact) mass is 349 g/mol. The van der Waals surface area contributed by atoms with E-state index in [-0.39, 0.29) is 0 Å². The molecule has 0 spiro atoms. The van der Waals surface area contributed by atoms with Gasteiger partial charge in [0.05, 0.1) is 0 Å². The van der Waals surface area contributed by atoms with Crippen LogP contribution in [0.1, 0.15) is 33.6 Å². The maximum absolute atomic E-state index is 4.71. The van der Waals surface area contributed by atoms with E-state index >= 15 is 0 Å². The highest BCUT2D eigenvalue weighted by Gasteiger charge is 2.60. The average Bonchev–Trinajstić information content (AvgIpc) is 3.40. The highest BCUT2D eigenvalue weighted by atomic mass is 15.5. The van der Waals surface area contributed by atoms with Crippen molar-refractivity contribution >= 4 is 6.55 Å². The molecule has 7 heteroatoms. The van der Waals surface area contributed by atoms with Crippen LogP contribution >= 0.6 is 0 Å². The summed E-state index contributed by atoms with van der Waals surface area (Å²) in [6.07, 6.45) is 14.3. The summed E-state index contributed by atoms with van der Waals surface area (Å²) in [5, 5.41) is 14.1. The second-order valence-electron chi connectivity index (χ2n) is 8.87. The van der Waals surface area contributed by atoms with E-state index in [9.17, 15) is 0 Å². The predicted octanol–water partition coefficient (Wildman–Crippen LogP) is 3.23. The van der Waals surface area contributed by atoms with E-state index in [1.165, 1.54) is 12.8 Å². The molecule has 0 aromatic carbocycles. The fourth-order valence-corrected chi connectivity index (χ4v) is 6.25. The first-order valence-electron chi connectivity index (χ1n) is 9.71. The number of nitrogens with zero attached hydrogens (tertiary/aromatic N) is 6. The first-order chi connectivity index (χ1) is 12.6. The van der Waals surface area contributed by atoms with Crippen molar-refractivity contribution in [2.24, 2.45) is 23.2 Å². The van der Waals surface area contributed by atoms with Gasteiger partial charge in [0.15, 0.2) is 0 Å². The van der Waals surface area contributed by atoms with Gasteiger partial charge in [0.25, 0.3) is 0 Å². The summed E-state index contributed by atoms with van der Waals surface area (Å²) in [6, 6.07) is 6.00. The topological polar surface area (TPSA) is 53.5 Å². The molecule has 0 N–H and O–H groups in total. The van der Waals surface area contributed by atoms with Crippen molar-refractivity contribution in [1.82, 2.24) is 29.1 Å². The Hall–Kier alpha value is -2.31. The van der Waals surface area contributed by atoms with E-state index in [0.717, 1.165) is 11.8 Å². The third-order valence-electron chi connectivity index (χ3n) is 7.73. The predicted molar refractivity (Wildman–Crippen MR) is 102 cm³/mol. The van der Waals surface area contributed by atoms with Gasteiger partial charge in [-0.25, -0.2) is 15.3 Å². The summed E-state index contributed by atoms with van der Waals surface area (Å²) in [5.74, 6) is 2.50. The van der Waals surface area contributed by atoms with Gasteiger partial charge in [-0.2, -0.15) is 0 Å². The van der Waals surface area contributed by atoms with Crippen molar-refractivity contribution in [3.63, 3.8) is 0 Å². The first kappa shape index (κ1) is 15.9. The van der Waals surface area contributed by atoms with Crippen LogP contribution in [0.3, 0.4) is 0 Å². The van der Waals surface area contributed by atoms with Crippen LogP contribution in [0.4, 0.5) is 0 Å². The molecular weight excluding hydrogens is 323 g/mol. The zero-order valence-electron chi connectivity index (χ0n) is 15.7. The number of aromatic nitrogens is 6. The van der Waals surface area contributed by atoms with E-state index in [1.54, 1.807) is 0 Å². The molecule has 0 aliphatic heterocycles. The Morgan fingerprint density at radius 1 is 0.846 bits per heavy atom. The molecule has 2 bridgehead atoms. The molecule has 3 saturated carbocycles. The van der Waals surface area contributed by atoms with Crippen molar-refractivity contribution in [1.29, 1.82) is 0 Å². The van der Waals surface area contributed by atoms with E-state index in [0.29, 0.717) is 17.2 Å². The largest absolute Gasteiger partial charge is 0.400 e. The zero-order chi connectivity index (χ0) is 17.9. The number of hydrogen-bond acceptors (Lipinski definition) is 3. The summed E-state index contributed by atoms with van der Waals surface area (Å²) >= 11 is 0. The van der Waals surface area contributed by atoms with Crippen LogP contribution in [-0.2, 0) is 0 Å². The molecule has 6 rings (SSSR count). The van der Waals surface area contributed by atoms with Gasteiger partial charge in [-0.3, -0.25) is 0 Å². The van der Waals surface area contributed by atoms with Gasteiger partial charge in [0, 0.05) is 18.6 Å². The van der Waals surface area contributed by atoms with Crippen molar-refractivity contribution in [3.8, 4) is 0 Å². The molecule has 0 saturated heterocycles.